The molecule has 0 saturated carbocycles. The van der Waals surface area contributed by atoms with E-state index in [9.17, 15) is 0 Å². The zero-order valence-electron chi connectivity index (χ0n) is 7.93. The van der Waals surface area contributed by atoms with Crippen LogP contribution in [0.4, 0.5) is 0 Å². The van der Waals surface area contributed by atoms with Gasteiger partial charge in [0.2, 0.25) is 0 Å². The molecule has 0 N–H and O–H groups in total. The maximum absolute atomic E-state index is 5.52. The average Bonchev–Trinajstić information content (AvgIpc) is 2.28. The standard InChI is InChI=1S/C11H9BrN2O/c12-10-4-9(5-14-6-10)8-15-11-2-1-3-13-7-11/h1-7H,8H2. The molecule has 0 amide bonds. The Bertz CT molecular complexity index is 434. The first kappa shape index (κ1) is 10.1. The van der Waals surface area contributed by atoms with Crippen molar-refractivity contribution in [3.63, 3.8) is 0 Å². The van der Waals surface area contributed by atoms with Gasteiger partial charge in [0.1, 0.15) is 12.4 Å². The number of nitrogens with zero attached hydrogens (tertiary/aromatic N) is 2. The van der Waals surface area contributed by atoms with Gasteiger partial charge in [0.05, 0.1) is 6.20 Å². The molecule has 2 heterocycles. The topological polar surface area (TPSA) is 35.0 Å². The summed E-state index contributed by atoms with van der Waals surface area (Å²) in [5.74, 6) is 0.762. The Kier molecular flexibility index (Phi) is 3.29. The zero-order valence-corrected chi connectivity index (χ0v) is 9.52. The molecule has 0 aromatic carbocycles. The van der Waals surface area contributed by atoms with E-state index in [1.54, 1.807) is 24.8 Å². The summed E-state index contributed by atoms with van der Waals surface area (Å²) in [7, 11) is 0. The maximum atomic E-state index is 5.52. The fourth-order valence-corrected chi connectivity index (χ4v) is 1.55. The van der Waals surface area contributed by atoms with Crippen LogP contribution in [0.5, 0.6) is 5.75 Å². The lowest BCUT2D eigenvalue weighted by Crippen LogP contribution is -1.96. The molecule has 0 unspecified atom stereocenters. The van der Waals surface area contributed by atoms with Crippen molar-refractivity contribution in [2.24, 2.45) is 0 Å². The van der Waals surface area contributed by atoms with Crippen molar-refractivity contribution in [1.82, 2.24) is 9.97 Å². The highest BCUT2D eigenvalue weighted by atomic mass is 79.9. The molecular formula is C11H9BrN2O. The van der Waals surface area contributed by atoms with Gasteiger partial charge < -0.3 is 4.74 Å². The summed E-state index contributed by atoms with van der Waals surface area (Å²) in [5.41, 5.74) is 1.02. The summed E-state index contributed by atoms with van der Waals surface area (Å²) in [6.45, 7) is 0.498. The van der Waals surface area contributed by atoms with Crippen LogP contribution in [0.15, 0.2) is 47.5 Å². The Balaban J connectivity index is 1.99. The molecule has 0 atom stereocenters. The van der Waals surface area contributed by atoms with Gasteiger partial charge in [0.15, 0.2) is 0 Å². The lowest BCUT2D eigenvalue weighted by Gasteiger charge is -2.04. The van der Waals surface area contributed by atoms with E-state index >= 15 is 0 Å². The summed E-state index contributed by atoms with van der Waals surface area (Å²) in [4.78, 5) is 8.02. The van der Waals surface area contributed by atoms with Gasteiger partial charge in [0, 0.05) is 28.6 Å². The molecule has 0 bridgehead atoms. The molecule has 15 heavy (non-hydrogen) atoms. The van der Waals surface area contributed by atoms with Crippen LogP contribution in [-0.2, 0) is 6.61 Å². The van der Waals surface area contributed by atoms with Gasteiger partial charge in [-0.2, -0.15) is 0 Å². The minimum Gasteiger partial charge on any atom is -0.487 e. The van der Waals surface area contributed by atoms with E-state index in [2.05, 4.69) is 25.9 Å². The van der Waals surface area contributed by atoms with E-state index < -0.39 is 0 Å². The molecule has 0 aliphatic rings. The molecule has 0 spiro atoms. The number of halogens is 1. The molecule has 0 saturated heterocycles. The Hall–Kier alpha value is -1.42. The second-order valence-corrected chi connectivity index (χ2v) is 3.90. The first-order chi connectivity index (χ1) is 7.34. The molecule has 0 radical (unpaired) electrons. The van der Waals surface area contributed by atoms with Crippen LogP contribution in [0.25, 0.3) is 0 Å². The predicted octanol–water partition coefficient (Wildman–Crippen LogP) is 2.82. The first-order valence-corrected chi connectivity index (χ1v) is 5.26. The highest BCUT2D eigenvalue weighted by Gasteiger charge is 1.96. The smallest absolute Gasteiger partial charge is 0.138 e. The summed E-state index contributed by atoms with van der Waals surface area (Å²) >= 11 is 3.36. The van der Waals surface area contributed by atoms with Gasteiger partial charge in [-0.25, -0.2) is 0 Å². The highest BCUT2D eigenvalue weighted by molar-refractivity contribution is 9.10. The fraction of sp³-hybridized carbons (Fsp3) is 0.0909. The van der Waals surface area contributed by atoms with Crippen molar-refractivity contribution in [3.8, 4) is 5.75 Å². The summed E-state index contributed by atoms with van der Waals surface area (Å²) in [5, 5.41) is 0. The summed E-state index contributed by atoms with van der Waals surface area (Å²) in [6.07, 6.45) is 6.92. The lowest BCUT2D eigenvalue weighted by atomic mass is 10.3. The van der Waals surface area contributed by atoms with E-state index in [1.807, 2.05) is 18.2 Å². The predicted molar refractivity (Wildman–Crippen MR) is 60.5 cm³/mol. The SMILES string of the molecule is Brc1cncc(COc2cccnc2)c1. The van der Waals surface area contributed by atoms with Crippen LogP contribution in [-0.4, -0.2) is 9.97 Å². The first-order valence-electron chi connectivity index (χ1n) is 4.47. The van der Waals surface area contributed by atoms with E-state index in [4.69, 9.17) is 4.74 Å². The number of pyridine rings is 2. The molecule has 2 aromatic heterocycles. The third-order valence-electron chi connectivity index (χ3n) is 1.80. The van der Waals surface area contributed by atoms with Crippen molar-refractivity contribution in [2.75, 3.05) is 0 Å². The number of aromatic nitrogens is 2. The molecular weight excluding hydrogens is 256 g/mol. The molecule has 0 aliphatic carbocycles. The normalized spacial score (nSPS) is 9.93. The van der Waals surface area contributed by atoms with Crippen molar-refractivity contribution >= 4 is 15.9 Å². The number of hydrogen-bond donors (Lipinski definition) is 0. The highest BCUT2D eigenvalue weighted by Crippen LogP contribution is 2.13. The molecule has 4 heteroatoms. The van der Waals surface area contributed by atoms with E-state index in [0.29, 0.717) is 6.61 Å². The maximum Gasteiger partial charge on any atom is 0.138 e. The lowest BCUT2D eigenvalue weighted by molar-refractivity contribution is 0.304. The van der Waals surface area contributed by atoms with Crippen LogP contribution >= 0.6 is 15.9 Å². The Labute approximate surface area is 96.3 Å². The Morgan fingerprint density at radius 2 is 2.13 bits per heavy atom. The molecule has 2 aromatic rings. The van der Waals surface area contributed by atoms with E-state index in [-0.39, 0.29) is 0 Å². The zero-order chi connectivity index (χ0) is 10.5. The Morgan fingerprint density at radius 1 is 1.20 bits per heavy atom. The van der Waals surface area contributed by atoms with Crippen LogP contribution in [0.1, 0.15) is 5.56 Å². The third kappa shape index (κ3) is 3.02. The summed E-state index contributed by atoms with van der Waals surface area (Å²) in [6, 6.07) is 5.69. The fourth-order valence-electron chi connectivity index (χ4n) is 1.13. The van der Waals surface area contributed by atoms with E-state index in [1.165, 1.54) is 0 Å². The number of rotatable bonds is 3. The quantitative estimate of drug-likeness (QED) is 0.855. The minimum absolute atomic E-state index is 0.498. The monoisotopic (exact) mass is 264 g/mol. The summed E-state index contributed by atoms with van der Waals surface area (Å²) < 4.78 is 6.48. The largest absolute Gasteiger partial charge is 0.487 e. The second-order valence-electron chi connectivity index (χ2n) is 2.99. The van der Waals surface area contributed by atoms with Gasteiger partial charge in [-0.15, -0.1) is 0 Å². The van der Waals surface area contributed by atoms with Crippen molar-refractivity contribution in [2.45, 2.75) is 6.61 Å². The Morgan fingerprint density at radius 3 is 2.87 bits per heavy atom. The van der Waals surface area contributed by atoms with Crippen LogP contribution in [0, 0.1) is 0 Å². The van der Waals surface area contributed by atoms with Gasteiger partial charge in [-0.3, -0.25) is 9.97 Å². The molecule has 76 valence electrons. The molecule has 3 nitrogen and oxygen atoms in total. The van der Waals surface area contributed by atoms with Crippen molar-refractivity contribution in [1.29, 1.82) is 0 Å². The minimum atomic E-state index is 0.498. The molecule has 2 rings (SSSR count). The van der Waals surface area contributed by atoms with Gasteiger partial charge >= 0.3 is 0 Å². The third-order valence-corrected chi connectivity index (χ3v) is 2.24. The van der Waals surface area contributed by atoms with Crippen molar-refractivity contribution in [3.05, 3.63) is 53.0 Å². The van der Waals surface area contributed by atoms with Crippen LogP contribution in [0.2, 0.25) is 0 Å². The molecule has 0 fully saturated rings. The van der Waals surface area contributed by atoms with Gasteiger partial charge in [0.25, 0.3) is 0 Å². The van der Waals surface area contributed by atoms with Gasteiger partial charge in [-0.1, -0.05) is 0 Å². The number of ether oxygens (including phenoxy) is 1. The van der Waals surface area contributed by atoms with Gasteiger partial charge in [-0.05, 0) is 34.1 Å². The van der Waals surface area contributed by atoms with E-state index in [0.717, 1.165) is 15.8 Å². The molecule has 0 aliphatic heterocycles. The van der Waals surface area contributed by atoms with Crippen LogP contribution in [0.3, 0.4) is 0 Å². The number of hydrogen-bond acceptors (Lipinski definition) is 3. The van der Waals surface area contributed by atoms with Crippen LogP contribution < -0.4 is 4.74 Å². The van der Waals surface area contributed by atoms with Crippen molar-refractivity contribution < 1.29 is 4.74 Å². The second kappa shape index (κ2) is 4.89. The average molecular weight is 265 g/mol.